The molecule has 6 heteroatoms. The first-order chi connectivity index (χ1) is 9.13. The summed E-state index contributed by atoms with van der Waals surface area (Å²) in [7, 11) is 0. The van der Waals surface area contributed by atoms with Crippen molar-refractivity contribution in [3.63, 3.8) is 0 Å². The molecule has 0 amide bonds. The number of hydrogen-bond donors (Lipinski definition) is 1. The minimum Gasteiger partial charge on any atom is -0.322 e. The molecular weight excluding hydrogens is 250 g/mol. The molecule has 1 atom stereocenters. The van der Waals surface area contributed by atoms with Crippen LogP contribution in [0.5, 0.6) is 0 Å². The minimum absolute atomic E-state index is 0.000696. The maximum atomic E-state index is 13.6. The van der Waals surface area contributed by atoms with Gasteiger partial charge >= 0.3 is 0 Å². The molecule has 4 nitrogen and oxygen atoms in total. The van der Waals surface area contributed by atoms with Gasteiger partial charge in [-0.3, -0.25) is 0 Å². The fourth-order valence-corrected chi connectivity index (χ4v) is 1.99. The number of benzene rings is 1. The molecule has 0 aliphatic rings. The zero-order valence-electron chi connectivity index (χ0n) is 10.7. The number of nitrogens with zero attached hydrogens (tertiary/aromatic N) is 3. The van der Waals surface area contributed by atoms with E-state index in [0.717, 1.165) is 6.42 Å². The molecule has 19 heavy (non-hydrogen) atoms. The van der Waals surface area contributed by atoms with Crippen LogP contribution in [-0.4, -0.2) is 15.0 Å². The summed E-state index contributed by atoms with van der Waals surface area (Å²) in [5.74, 6) is -1.16. The number of hydrogen-bond acceptors (Lipinski definition) is 3. The van der Waals surface area contributed by atoms with Crippen LogP contribution in [0.4, 0.5) is 8.78 Å². The van der Waals surface area contributed by atoms with Gasteiger partial charge in [0.1, 0.15) is 11.6 Å². The Morgan fingerprint density at radius 3 is 2.63 bits per heavy atom. The van der Waals surface area contributed by atoms with Crippen LogP contribution in [0.2, 0.25) is 0 Å². The fourth-order valence-electron chi connectivity index (χ4n) is 1.99. The Kier molecular flexibility index (Phi) is 4.21. The summed E-state index contributed by atoms with van der Waals surface area (Å²) >= 11 is 0. The fraction of sp³-hybridized carbons (Fsp3) is 0.385. The third-order valence-electron chi connectivity index (χ3n) is 2.95. The number of nitrogens with two attached hydrogens (primary N) is 1. The lowest BCUT2D eigenvalue weighted by Crippen LogP contribution is -2.19. The van der Waals surface area contributed by atoms with Gasteiger partial charge in [0.2, 0.25) is 0 Å². The Morgan fingerprint density at radius 2 is 2.00 bits per heavy atom. The Labute approximate surface area is 110 Å². The SMILES string of the molecule is CCCn1nncc1C(N)Cc1c(F)cccc1F. The Morgan fingerprint density at radius 1 is 1.32 bits per heavy atom. The maximum Gasteiger partial charge on any atom is 0.129 e. The smallest absolute Gasteiger partial charge is 0.129 e. The number of aryl methyl sites for hydroxylation is 1. The van der Waals surface area contributed by atoms with Gasteiger partial charge in [0.05, 0.1) is 17.9 Å². The lowest BCUT2D eigenvalue weighted by molar-refractivity contribution is 0.504. The van der Waals surface area contributed by atoms with Gasteiger partial charge in [-0.1, -0.05) is 18.2 Å². The van der Waals surface area contributed by atoms with Crippen LogP contribution in [0.25, 0.3) is 0 Å². The highest BCUT2D eigenvalue weighted by Gasteiger charge is 2.17. The van der Waals surface area contributed by atoms with E-state index < -0.39 is 17.7 Å². The standard InChI is InChI=1S/C13H16F2N4/c1-2-6-19-13(8-17-18-19)12(16)7-9-10(14)4-3-5-11(9)15/h3-5,8,12H,2,6-7,16H2,1H3. The van der Waals surface area contributed by atoms with Crippen LogP contribution < -0.4 is 5.73 Å². The molecule has 1 unspecified atom stereocenters. The van der Waals surface area contributed by atoms with Gasteiger partial charge in [0.25, 0.3) is 0 Å². The summed E-state index contributed by atoms with van der Waals surface area (Å²) in [5.41, 5.74) is 6.69. The first-order valence-corrected chi connectivity index (χ1v) is 6.20. The highest BCUT2D eigenvalue weighted by molar-refractivity contribution is 5.22. The predicted octanol–water partition coefficient (Wildman–Crippen LogP) is 2.21. The summed E-state index contributed by atoms with van der Waals surface area (Å²) in [6.07, 6.45) is 2.51. The minimum atomic E-state index is -0.579. The van der Waals surface area contributed by atoms with E-state index in [1.54, 1.807) is 10.9 Å². The highest BCUT2D eigenvalue weighted by Crippen LogP contribution is 2.20. The zero-order chi connectivity index (χ0) is 13.8. The normalized spacial score (nSPS) is 12.6. The number of aromatic nitrogens is 3. The molecule has 0 saturated heterocycles. The number of halogens is 2. The molecule has 2 rings (SSSR count). The van der Waals surface area contributed by atoms with E-state index in [-0.39, 0.29) is 12.0 Å². The van der Waals surface area contributed by atoms with E-state index in [9.17, 15) is 8.78 Å². The van der Waals surface area contributed by atoms with Crippen molar-refractivity contribution in [2.45, 2.75) is 32.4 Å². The van der Waals surface area contributed by atoms with Crippen LogP contribution in [0, 0.1) is 11.6 Å². The van der Waals surface area contributed by atoms with Crippen molar-refractivity contribution in [2.24, 2.45) is 5.73 Å². The average Bonchev–Trinajstić information content (AvgIpc) is 2.83. The van der Waals surface area contributed by atoms with Gasteiger partial charge in [0.15, 0.2) is 0 Å². The van der Waals surface area contributed by atoms with E-state index in [0.29, 0.717) is 12.2 Å². The molecular formula is C13H16F2N4. The lowest BCUT2D eigenvalue weighted by Gasteiger charge is -2.14. The van der Waals surface area contributed by atoms with Crippen molar-refractivity contribution < 1.29 is 8.78 Å². The molecule has 1 aromatic carbocycles. The predicted molar refractivity (Wildman–Crippen MR) is 67.3 cm³/mol. The first-order valence-electron chi connectivity index (χ1n) is 6.20. The second-order valence-electron chi connectivity index (χ2n) is 4.39. The van der Waals surface area contributed by atoms with Gasteiger partial charge in [-0.15, -0.1) is 5.10 Å². The van der Waals surface area contributed by atoms with Crippen molar-refractivity contribution in [1.82, 2.24) is 15.0 Å². The van der Waals surface area contributed by atoms with Crippen LogP contribution in [0.15, 0.2) is 24.4 Å². The Hall–Kier alpha value is -1.82. The molecule has 0 saturated carbocycles. The second-order valence-corrected chi connectivity index (χ2v) is 4.39. The first kappa shape index (κ1) is 13.6. The van der Waals surface area contributed by atoms with Crippen LogP contribution in [-0.2, 0) is 13.0 Å². The molecule has 0 bridgehead atoms. The topological polar surface area (TPSA) is 56.7 Å². The van der Waals surface area contributed by atoms with E-state index in [2.05, 4.69) is 10.3 Å². The van der Waals surface area contributed by atoms with E-state index in [1.165, 1.54) is 18.2 Å². The van der Waals surface area contributed by atoms with Gasteiger partial charge in [-0.2, -0.15) is 0 Å². The summed E-state index contributed by atoms with van der Waals surface area (Å²) in [4.78, 5) is 0. The third-order valence-corrected chi connectivity index (χ3v) is 2.95. The average molecular weight is 266 g/mol. The molecule has 2 N–H and O–H groups in total. The largest absolute Gasteiger partial charge is 0.322 e. The van der Waals surface area contributed by atoms with Crippen molar-refractivity contribution in [3.05, 3.63) is 47.3 Å². The summed E-state index contributed by atoms with van der Waals surface area (Å²) < 4.78 is 28.8. The molecule has 102 valence electrons. The summed E-state index contributed by atoms with van der Waals surface area (Å²) in [5, 5.41) is 7.71. The van der Waals surface area contributed by atoms with Crippen molar-refractivity contribution in [3.8, 4) is 0 Å². The third kappa shape index (κ3) is 2.96. The summed E-state index contributed by atoms with van der Waals surface area (Å²) in [6.45, 7) is 2.69. The second kappa shape index (κ2) is 5.88. The molecule has 0 spiro atoms. The van der Waals surface area contributed by atoms with Gasteiger partial charge in [0, 0.05) is 12.1 Å². The van der Waals surface area contributed by atoms with Gasteiger partial charge in [-0.05, 0) is 25.0 Å². The quantitative estimate of drug-likeness (QED) is 0.902. The van der Waals surface area contributed by atoms with Crippen molar-refractivity contribution >= 4 is 0 Å². The molecule has 1 aromatic heterocycles. The van der Waals surface area contributed by atoms with E-state index in [1.807, 2.05) is 6.92 Å². The lowest BCUT2D eigenvalue weighted by atomic mass is 10.0. The van der Waals surface area contributed by atoms with E-state index >= 15 is 0 Å². The number of rotatable bonds is 5. The van der Waals surface area contributed by atoms with Crippen LogP contribution >= 0.6 is 0 Å². The summed E-state index contributed by atoms with van der Waals surface area (Å²) in [6, 6.07) is 3.26. The molecule has 0 fully saturated rings. The van der Waals surface area contributed by atoms with Gasteiger partial charge in [-0.25, -0.2) is 13.5 Å². The highest BCUT2D eigenvalue weighted by atomic mass is 19.1. The van der Waals surface area contributed by atoms with Crippen LogP contribution in [0.3, 0.4) is 0 Å². The Balaban J connectivity index is 2.21. The molecule has 0 aliphatic carbocycles. The van der Waals surface area contributed by atoms with Crippen molar-refractivity contribution in [1.29, 1.82) is 0 Å². The molecule has 1 heterocycles. The Bertz CT molecular complexity index is 533. The van der Waals surface area contributed by atoms with Crippen molar-refractivity contribution in [2.75, 3.05) is 0 Å². The molecule has 0 aliphatic heterocycles. The van der Waals surface area contributed by atoms with E-state index in [4.69, 9.17) is 5.73 Å². The molecule has 0 radical (unpaired) electrons. The van der Waals surface area contributed by atoms with Crippen LogP contribution in [0.1, 0.15) is 30.6 Å². The van der Waals surface area contributed by atoms with Gasteiger partial charge < -0.3 is 5.73 Å². The molecule has 2 aromatic rings. The monoisotopic (exact) mass is 266 g/mol. The zero-order valence-corrected chi connectivity index (χ0v) is 10.7. The maximum absolute atomic E-state index is 13.6.